The fourth-order valence-corrected chi connectivity index (χ4v) is 3.08. The Kier molecular flexibility index (Phi) is 5.14. The zero-order valence-electron chi connectivity index (χ0n) is 13.8. The van der Waals surface area contributed by atoms with E-state index in [1.54, 1.807) is 36.9 Å². The second-order valence-electron chi connectivity index (χ2n) is 5.55. The summed E-state index contributed by atoms with van der Waals surface area (Å²) in [5.74, 6) is -0.742. The van der Waals surface area contributed by atoms with E-state index in [1.807, 2.05) is 30.3 Å². The van der Waals surface area contributed by atoms with Crippen LogP contribution in [-0.2, 0) is 4.79 Å². The van der Waals surface area contributed by atoms with E-state index >= 15 is 0 Å². The number of benzene rings is 2. The molecule has 128 valence electrons. The summed E-state index contributed by atoms with van der Waals surface area (Å²) in [6, 6.07) is 14.3. The van der Waals surface area contributed by atoms with Crippen LogP contribution in [0.25, 0.3) is 5.69 Å². The van der Waals surface area contributed by atoms with Gasteiger partial charge in [-0.05, 0) is 43.7 Å². The van der Waals surface area contributed by atoms with Crippen LogP contribution in [0.4, 0.5) is 10.1 Å². The van der Waals surface area contributed by atoms with Crippen LogP contribution in [0.1, 0.15) is 12.5 Å². The maximum atomic E-state index is 13.9. The molecule has 0 aliphatic rings. The van der Waals surface area contributed by atoms with E-state index in [2.05, 4.69) is 15.5 Å². The SMILES string of the molecule is Cc1ccc(NC(=O)C(C)Sc2nncn2-c2ccccc2)c(F)c1. The Morgan fingerprint density at radius 2 is 2.00 bits per heavy atom. The molecule has 0 radical (unpaired) electrons. The molecule has 5 nitrogen and oxygen atoms in total. The van der Waals surface area contributed by atoms with Gasteiger partial charge in [-0.3, -0.25) is 9.36 Å². The maximum absolute atomic E-state index is 13.9. The standard InChI is InChI=1S/C18H17FN4OS/c1-12-8-9-16(15(19)10-12)21-17(24)13(2)25-18-22-20-11-23(18)14-6-4-3-5-7-14/h3-11,13H,1-2H3,(H,21,24). The van der Waals surface area contributed by atoms with E-state index in [0.717, 1.165) is 11.3 Å². The molecule has 3 rings (SSSR count). The molecule has 0 bridgehead atoms. The van der Waals surface area contributed by atoms with Crippen molar-refractivity contribution in [2.75, 3.05) is 5.32 Å². The Morgan fingerprint density at radius 3 is 2.72 bits per heavy atom. The van der Waals surface area contributed by atoms with E-state index in [-0.39, 0.29) is 11.6 Å². The van der Waals surface area contributed by atoms with Crippen molar-refractivity contribution in [2.45, 2.75) is 24.3 Å². The summed E-state index contributed by atoms with van der Waals surface area (Å²) in [4.78, 5) is 12.4. The van der Waals surface area contributed by atoms with Crippen LogP contribution in [0.5, 0.6) is 0 Å². The van der Waals surface area contributed by atoms with Gasteiger partial charge in [0.25, 0.3) is 0 Å². The summed E-state index contributed by atoms with van der Waals surface area (Å²) in [6.45, 7) is 3.54. The fraction of sp³-hybridized carbons (Fsp3) is 0.167. The van der Waals surface area contributed by atoms with Gasteiger partial charge >= 0.3 is 0 Å². The van der Waals surface area contributed by atoms with E-state index < -0.39 is 11.1 Å². The first-order valence-electron chi connectivity index (χ1n) is 7.73. The number of carbonyl (C=O) groups is 1. The van der Waals surface area contributed by atoms with Gasteiger partial charge in [-0.1, -0.05) is 36.0 Å². The number of aromatic nitrogens is 3. The lowest BCUT2D eigenvalue weighted by atomic mass is 10.2. The van der Waals surface area contributed by atoms with Crippen molar-refractivity contribution in [1.82, 2.24) is 14.8 Å². The average molecular weight is 356 g/mol. The molecule has 1 aromatic heterocycles. The van der Waals surface area contributed by atoms with Crippen LogP contribution < -0.4 is 5.32 Å². The van der Waals surface area contributed by atoms with Gasteiger partial charge in [0, 0.05) is 5.69 Å². The third-order valence-corrected chi connectivity index (χ3v) is 4.64. The van der Waals surface area contributed by atoms with Crippen molar-refractivity contribution in [3.05, 3.63) is 66.2 Å². The highest BCUT2D eigenvalue weighted by Gasteiger charge is 2.19. The smallest absolute Gasteiger partial charge is 0.237 e. The first kappa shape index (κ1) is 17.2. The largest absolute Gasteiger partial charge is 0.323 e. The van der Waals surface area contributed by atoms with Crippen molar-refractivity contribution < 1.29 is 9.18 Å². The Labute approximate surface area is 149 Å². The highest BCUT2D eigenvalue weighted by Crippen LogP contribution is 2.25. The predicted molar refractivity (Wildman–Crippen MR) is 96.4 cm³/mol. The normalized spacial score (nSPS) is 12.0. The van der Waals surface area contributed by atoms with Crippen LogP contribution >= 0.6 is 11.8 Å². The first-order chi connectivity index (χ1) is 12.0. The maximum Gasteiger partial charge on any atom is 0.237 e. The van der Waals surface area contributed by atoms with Gasteiger partial charge in [0.05, 0.1) is 10.9 Å². The molecule has 2 aromatic carbocycles. The van der Waals surface area contributed by atoms with Crippen molar-refractivity contribution >= 4 is 23.4 Å². The van der Waals surface area contributed by atoms with Crippen molar-refractivity contribution in [2.24, 2.45) is 0 Å². The number of anilines is 1. The number of para-hydroxylation sites is 1. The quantitative estimate of drug-likeness (QED) is 0.706. The minimum Gasteiger partial charge on any atom is -0.323 e. The summed E-state index contributed by atoms with van der Waals surface area (Å²) >= 11 is 1.26. The molecule has 0 saturated carbocycles. The topological polar surface area (TPSA) is 59.8 Å². The zero-order chi connectivity index (χ0) is 17.8. The number of hydrogen-bond donors (Lipinski definition) is 1. The molecule has 1 unspecified atom stereocenters. The molecule has 0 spiro atoms. The molecule has 0 saturated heterocycles. The van der Waals surface area contributed by atoms with Crippen molar-refractivity contribution in [3.63, 3.8) is 0 Å². The van der Waals surface area contributed by atoms with Gasteiger partial charge in [-0.15, -0.1) is 10.2 Å². The highest BCUT2D eigenvalue weighted by atomic mass is 32.2. The Bertz CT molecular complexity index is 882. The lowest BCUT2D eigenvalue weighted by Gasteiger charge is -2.13. The molecular weight excluding hydrogens is 339 g/mol. The minimum absolute atomic E-state index is 0.174. The van der Waals surface area contributed by atoms with Gasteiger partial charge in [0.2, 0.25) is 5.91 Å². The molecule has 25 heavy (non-hydrogen) atoms. The number of hydrogen-bond acceptors (Lipinski definition) is 4. The lowest BCUT2D eigenvalue weighted by molar-refractivity contribution is -0.115. The summed E-state index contributed by atoms with van der Waals surface area (Å²) in [7, 11) is 0. The van der Waals surface area contributed by atoms with Crippen LogP contribution in [-0.4, -0.2) is 25.9 Å². The highest BCUT2D eigenvalue weighted by molar-refractivity contribution is 8.00. The Balaban J connectivity index is 1.71. The summed E-state index contributed by atoms with van der Waals surface area (Å²) in [6.07, 6.45) is 1.60. The third kappa shape index (κ3) is 4.06. The fourth-order valence-electron chi connectivity index (χ4n) is 2.24. The molecule has 1 N–H and O–H groups in total. The van der Waals surface area contributed by atoms with Gasteiger partial charge < -0.3 is 5.32 Å². The van der Waals surface area contributed by atoms with Gasteiger partial charge in [0.15, 0.2) is 5.16 Å². The molecule has 1 amide bonds. The van der Waals surface area contributed by atoms with Crippen molar-refractivity contribution in [3.8, 4) is 5.69 Å². The van der Waals surface area contributed by atoms with Crippen LogP contribution in [0.15, 0.2) is 60.0 Å². The molecule has 3 aromatic rings. The van der Waals surface area contributed by atoms with E-state index in [4.69, 9.17) is 0 Å². The number of carbonyl (C=O) groups excluding carboxylic acids is 1. The molecule has 0 aliphatic carbocycles. The number of nitrogens with zero attached hydrogens (tertiary/aromatic N) is 3. The van der Waals surface area contributed by atoms with Crippen LogP contribution in [0.2, 0.25) is 0 Å². The second kappa shape index (κ2) is 7.48. The van der Waals surface area contributed by atoms with Gasteiger partial charge in [-0.2, -0.15) is 0 Å². The number of nitrogens with one attached hydrogen (secondary N) is 1. The number of rotatable bonds is 5. The molecule has 1 atom stereocenters. The number of amides is 1. The van der Waals surface area contributed by atoms with Crippen molar-refractivity contribution in [1.29, 1.82) is 0 Å². The van der Waals surface area contributed by atoms with Gasteiger partial charge in [0.1, 0.15) is 12.1 Å². The van der Waals surface area contributed by atoms with E-state index in [9.17, 15) is 9.18 Å². The molecule has 1 heterocycles. The van der Waals surface area contributed by atoms with Gasteiger partial charge in [-0.25, -0.2) is 4.39 Å². The Hall–Kier alpha value is -2.67. The monoisotopic (exact) mass is 356 g/mol. The molecule has 0 fully saturated rings. The zero-order valence-corrected chi connectivity index (χ0v) is 14.6. The Morgan fingerprint density at radius 1 is 1.24 bits per heavy atom. The molecule has 7 heteroatoms. The van der Waals surface area contributed by atoms with E-state index in [0.29, 0.717) is 5.16 Å². The third-order valence-electron chi connectivity index (χ3n) is 3.58. The number of thioether (sulfide) groups is 1. The average Bonchev–Trinajstić information content (AvgIpc) is 3.06. The number of halogens is 1. The van der Waals surface area contributed by atoms with Crippen LogP contribution in [0.3, 0.4) is 0 Å². The van der Waals surface area contributed by atoms with E-state index in [1.165, 1.54) is 17.8 Å². The summed E-state index contributed by atoms with van der Waals surface area (Å²) < 4.78 is 15.7. The first-order valence-corrected chi connectivity index (χ1v) is 8.61. The summed E-state index contributed by atoms with van der Waals surface area (Å²) in [5.41, 5.74) is 1.88. The number of aryl methyl sites for hydroxylation is 1. The minimum atomic E-state index is -0.465. The molecule has 0 aliphatic heterocycles. The van der Waals surface area contributed by atoms with Crippen LogP contribution in [0, 0.1) is 12.7 Å². The lowest BCUT2D eigenvalue weighted by Crippen LogP contribution is -2.23. The second-order valence-corrected chi connectivity index (χ2v) is 6.86. The summed E-state index contributed by atoms with van der Waals surface area (Å²) in [5, 5.41) is 10.7. The molecular formula is C18H17FN4OS. The predicted octanol–water partition coefficient (Wildman–Crippen LogP) is 3.83.